The van der Waals surface area contributed by atoms with Gasteiger partial charge in [0.15, 0.2) is 6.29 Å². The molecule has 0 radical (unpaired) electrons. The predicted molar refractivity (Wildman–Crippen MR) is 141 cm³/mol. The second-order valence-corrected chi connectivity index (χ2v) is 11.3. The molecule has 1 N–H and O–H groups in total. The molecule has 3 aliphatic heterocycles. The standard InChI is InChI=1S/C29H35N5O/c35-20-22-5-6-23(33-14-8-29(9-15-33)18-24(19-29)32-11-1-2-12-32)17-26(22)34-13-3-4-25-27(34)16-21-7-10-30-28(21)31-25/h5-7,10,16-17,20,24H,1-4,8-9,11-15,18-19H2,(H,30,31). The number of carbonyl (C=O) groups is 1. The highest BCUT2D eigenvalue weighted by molar-refractivity contribution is 5.91. The molecule has 6 nitrogen and oxygen atoms in total. The van der Waals surface area contributed by atoms with Crippen molar-refractivity contribution in [2.24, 2.45) is 5.41 Å². The van der Waals surface area contributed by atoms with E-state index < -0.39 is 0 Å². The van der Waals surface area contributed by atoms with Crippen molar-refractivity contribution in [3.05, 3.63) is 47.8 Å². The first kappa shape index (κ1) is 21.4. The summed E-state index contributed by atoms with van der Waals surface area (Å²) in [5.41, 5.74) is 6.81. The second-order valence-electron chi connectivity index (χ2n) is 11.3. The maximum atomic E-state index is 12.0. The van der Waals surface area contributed by atoms with Gasteiger partial charge in [-0.2, -0.15) is 0 Å². The van der Waals surface area contributed by atoms with E-state index in [1.54, 1.807) is 0 Å². The van der Waals surface area contributed by atoms with E-state index in [1.807, 2.05) is 12.3 Å². The molecular formula is C29H35N5O. The molecule has 5 heterocycles. The number of aromatic amines is 1. The Morgan fingerprint density at radius 2 is 1.77 bits per heavy atom. The topological polar surface area (TPSA) is 55.5 Å². The van der Waals surface area contributed by atoms with Crippen LogP contribution in [0.1, 0.15) is 61.0 Å². The molecule has 1 saturated carbocycles. The van der Waals surface area contributed by atoms with Crippen molar-refractivity contribution in [3.8, 4) is 0 Å². The van der Waals surface area contributed by atoms with Crippen molar-refractivity contribution in [3.63, 3.8) is 0 Å². The molecule has 0 unspecified atom stereocenters. The highest BCUT2D eigenvalue weighted by atomic mass is 16.1. The highest BCUT2D eigenvalue weighted by Gasteiger charge is 2.48. The molecule has 1 aliphatic carbocycles. The quantitative estimate of drug-likeness (QED) is 0.525. The summed E-state index contributed by atoms with van der Waals surface area (Å²) < 4.78 is 0. The van der Waals surface area contributed by atoms with E-state index in [2.05, 4.69) is 43.9 Å². The van der Waals surface area contributed by atoms with Crippen molar-refractivity contribution in [1.29, 1.82) is 0 Å². The van der Waals surface area contributed by atoms with Crippen LogP contribution in [-0.2, 0) is 6.42 Å². The number of pyridine rings is 1. The molecule has 7 rings (SSSR count). The van der Waals surface area contributed by atoms with Gasteiger partial charge in [0.1, 0.15) is 5.65 Å². The molecule has 0 bridgehead atoms. The summed E-state index contributed by atoms with van der Waals surface area (Å²) in [4.78, 5) is 27.8. The molecule has 0 amide bonds. The number of carbonyl (C=O) groups excluding carboxylic acids is 1. The average molecular weight is 470 g/mol. The Labute approximate surface area is 207 Å². The third-order valence-corrected chi connectivity index (χ3v) is 9.29. The van der Waals surface area contributed by atoms with Gasteiger partial charge >= 0.3 is 0 Å². The van der Waals surface area contributed by atoms with E-state index in [1.165, 1.54) is 57.3 Å². The van der Waals surface area contributed by atoms with E-state index in [4.69, 9.17) is 4.98 Å². The number of anilines is 3. The van der Waals surface area contributed by atoms with Gasteiger partial charge in [0.2, 0.25) is 0 Å². The molecule has 2 saturated heterocycles. The molecule has 35 heavy (non-hydrogen) atoms. The van der Waals surface area contributed by atoms with Crippen molar-refractivity contribution >= 4 is 34.4 Å². The van der Waals surface area contributed by atoms with Crippen LogP contribution in [0.5, 0.6) is 0 Å². The monoisotopic (exact) mass is 469 g/mol. The first-order valence-electron chi connectivity index (χ1n) is 13.5. The Bertz CT molecular complexity index is 1240. The SMILES string of the molecule is O=Cc1ccc(N2CCC3(CC2)CC(N2CCCC2)C3)cc1N1CCCc2nc3[nH]ccc3cc21. The van der Waals surface area contributed by atoms with Gasteiger partial charge in [0.25, 0.3) is 0 Å². The van der Waals surface area contributed by atoms with Crippen molar-refractivity contribution in [1.82, 2.24) is 14.9 Å². The number of aldehydes is 1. The minimum absolute atomic E-state index is 0.578. The fraction of sp³-hybridized carbons (Fsp3) is 0.517. The Kier molecular flexibility index (Phi) is 5.12. The van der Waals surface area contributed by atoms with Crippen LogP contribution in [-0.4, -0.2) is 59.9 Å². The van der Waals surface area contributed by atoms with Crippen LogP contribution in [0.15, 0.2) is 36.5 Å². The third kappa shape index (κ3) is 3.65. The number of H-pyrrole nitrogens is 1. The molecular weight excluding hydrogens is 434 g/mol. The van der Waals surface area contributed by atoms with E-state index in [9.17, 15) is 4.79 Å². The lowest BCUT2D eigenvalue weighted by Gasteiger charge is -2.55. The van der Waals surface area contributed by atoms with Crippen molar-refractivity contribution in [2.45, 2.75) is 57.4 Å². The van der Waals surface area contributed by atoms with Crippen molar-refractivity contribution in [2.75, 3.05) is 42.5 Å². The molecule has 3 aromatic rings. The zero-order valence-corrected chi connectivity index (χ0v) is 20.5. The summed E-state index contributed by atoms with van der Waals surface area (Å²) in [5.74, 6) is 0. The molecule has 1 spiro atoms. The molecule has 2 aromatic heterocycles. The molecule has 182 valence electrons. The molecule has 0 atom stereocenters. The highest BCUT2D eigenvalue weighted by Crippen LogP contribution is 2.52. The number of fused-ring (bicyclic) bond motifs is 2. The number of rotatable bonds is 4. The van der Waals surface area contributed by atoms with Crippen LogP contribution in [0.3, 0.4) is 0 Å². The number of nitrogens with one attached hydrogen (secondary N) is 1. The average Bonchev–Trinajstić information content (AvgIpc) is 3.57. The van der Waals surface area contributed by atoms with Gasteiger partial charge in [0, 0.05) is 48.5 Å². The molecule has 4 aliphatic rings. The summed E-state index contributed by atoms with van der Waals surface area (Å²) in [6.07, 6.45) is 13.2. The number of likely N-dealkylation sites (tertiary alicyclic amines) is 1. The maximum Gasteiger partial charge on any atom is 0.152 e. The van der Waals surface area contributed by atoms with Crippen LogP contribution in [0, 0.1) is 5.41 Å². The Balaban J connectivity index is 1.12. The summed E-state index contributed by atoms with van der Waals surface area (Å²) in [6, 6.07) is 11.6. The largest absolute Gasteiger partial charge is 0.371 e. The number of aryl methyl sites for hydroxylation is 1. The first-order chi connectivity index (χ1) is 17.2. The van der Waals surface area contributed by atoms with Crippen LogP contribution in [0.25, 0.3) is 11.0 Å². The van der Waals surface area contributed by atoms with Crippen LogP contribution in [0.4, 0.5) is 17.1 Å². The number of aromatic nitrogens is 2. The lowest BCUT2D eigenvalue weighted by molar-refractivity contribution is -0.00644. The fourth-order valence-electron chi connectivity index (χ4n) is 7.22. The van der Waals surface area contributed by atoms with Gasteiger partial charge < -0.3 is 19.7 Å². The zero-order chi connectivity index (χ0) is 23.4. The van der Waals surface area contributed by atoms with Crippen LogP contribution in [0.2, 0.25) is 0 Å². The number of hydrogen-bond donors (Lipinski definition) is 1. The van der Waals surface area contributed by atoms with Gasteiger partial charge in [-0.1, -0.05) is 0 Å². The van der Waals surface area contributed by atoms with Crippen LogP contribution < -0.4 is 9.80 Å². The number of nitrogens with zero attached hydrogens (tertiary/aromatic N) is 4. The normalized spacial score (nSPS) is 22.5. The van der Waals surface area contributed by atoms with E-state index in [0.29, 0.717) is 5.41 Å². The van der Waals surface area contributed by atoms with E-state index in [0.717, 1.165) is 78.5 Å². The number of benzene rings is 1. The van der Waals surface area contributed by atoms with Gasteiger partial charge in [-0.15, -0.1) is 0 Å². The summed E-state index contributed by atoms with van der Waals surface area (Å²) in [7, 11) is 0. The lowest BCUT2D eigenvalue weighted by Crippen LogP contribution is -2.54. The predicted octanol–water partition coefficient (Wildman–Crippen LogP) is 5.30. The van der Waals surface area contributed by atoms with Gasteiger partial charge in [-0.3, -0.25) is 4.79 Å². The minimum atomic E-state index is 0.578. The molecule has 3 fully saturated rings. The number of hydrogen-bond acceptors (Lipinski definition) is 5. The van der Waals surface area contributed by atoms with Crippen molar-refractivity contribution < 1.29 is 4.79 Å². The van der Waals surface area contributed by atoms with Gasteiger partial charge in [-0.05, 0) is 100 Å². The maximum absolute atomic E-state index is 12.0. The third-order valence-electron chi connectivity index (χ3n) is 9.29. The molecule has 1 aromatic carbocycles. The van der Waals surface area contributed by atoms with Gasteiger partial charge in [0.05, 0.1) is 17.1 Å². The number of piperidine rings is 1. The Hall–Kier alpha value is -2.86. The molecule has 6 heteroatoms. The first-order valence-corrected chi connectivity index (χ1v) is 13.5. The van der Waals surface area contributed by atoms with Crippen LogP contribution >= 0.6 is 0 Å². The zero-order valence-electron chi connectivity index (χ0n) is 20.5. The van der Waals surface area contributed by atoms with Gasteiger partial charge in [-0.25, -0.2) is 4.98 Å². The smallest absolute Gasteiger partial charge is 0.152 e. The fourth-order valence-corrected chi connectivity index (χ4v) is 7.22. The minimum Gasteiger partial charge on any atom is -0.371 e. The second kappa shape index (κ2) is 8.37. The lowest BCUT2D eigenvalue weighted by atomic mass is 9.60. The Morgan fingerprint density at radius 1 is 0.943 bits per heavy atom. The summed E-state index contributed by atoms with van der Waals surface area (Å²) in [5, 5.41) is 1.12. The van der Waals surface area contributed by atoms with E-state index >= 15 is 0 Å². The van der Waals surface area contributed by atoms with E-state index in [-0.39, 0.29) is 0 Å². The summed E-state index contributed by atoms with van der Waals surface area (Å²) in [6.45, 7) is 5.80. The Morgan fingerprint density at radius 3 is 2.57 bits per heavy atom. The summed E-state index contributed by atoms with van der Waals surface area (Å²) >= 11 is 0.